The zero-order chi connectivity index (χ0) is 39.2. The van der Waals surface area contributed by atoms with E-state index in [1.54, 1.807) is 0 Å². The van der Waals surface area contributed by atoms with Gasteiger partial charge in [-0.25, -0.2) is 21.6 Å². The Balaban J connectivity index is 1.14. The molecule has 0 radical (unpaired) electrons. The van der Waals surface area contributed by atoms with Crippen molar-refractivity contribution >= 4 is 90.6 Å². The lowest BCUT2D eigenvalue weighted by molar-refractivity contribution is 0.262. The third kappa shape index (κ3) is 8.30. The van der Waals surface area contributed by atoms with E-state index in [1.165, 1.54) is 60.7 Å². The van der Waals surface area contributed by atoms with Gasteiger partial charge in [0, 0.05) is 22.1 Å². The number of carbonyl (C=O) groups is 1. The smallest absolute Gasteiger partial charge is 0.323 e. The van der Waals surface area contributed by atoms with Gasteiger partial charge in [-0.1, -0.05) is 0 Å². The third-order valence-corrected chi connectivity index (χ3v) is 12.2. The highest BCUT2D eigenvalue weighted by atomic mass is 32.2. The van der Waals surface area contributed by atoms with Gasteiger partial charge < -0.3 is 20.8 Å². The monoisotopic (exact) mass is 814 g/mol. The van der Waals surface area contributed by atoms with Crippen molar-refractivity contribution in [2.24, 2.45) is 0 Å². The van der Waals surface area contributed by atoms with E-state index < -0.39 is 56.1 Å². The van der Waals surface area contributed by atoms with Crippen molar-refractivity contribution in [2.75, 3.05) is 20.1 Å². The number of anilines is 4. The number of amides is 2. The zero-order valence-electron chi connectivity index (χ0n) is 27.0. The number of hydrogen-bond acceptors (Lipinski definition) is 11. The van der Waals surface area contributed by atoms with Gasteiger partial charge >= 0.3 is 6.03 Å². The van der Waals surface area contributed by atoms with Crippen LogP contribution in [0.3, 0.4) is 0 Å². The van der Waals surface area contributed by atoms with Crippen molar-refractivity contribution in [1.29, 1.82) is 0 Å². The number of nitrogens with one attached hydrogen (secondary N) is 4. The van der Waals surface area contributed by atoms with Gasteiger partial charge in [-0.2, -0.15) is 16.8 Å². The highest BCUT2D eigenvalue weighted by Crippen LogP contribution is 2.34. The van der Waals surface area contributed by atoms with Gasteiger partial charge in [0.05, 0.1) is 31.0 Å². The van der Waals surface area contributed by atoms with Crippen LogP contribution in [0.2, 0.25) is 0 Å². The lowest BCUT2D eigenvalue weighted by Crippen LogP contribution is -2.20. The Morgan fingerprint density at radius 2 is 0.796 bits per heavy atom. The quantitative estimate of drug-likeness (QED) is 0.0833. The fourth-order valence-corrected chi connectivity index (χ4v) is 8.49. The number of sulfonamides is 2. The molecule has 6 aromatic rings. The summed E-state index contributed by atoms with van der Waals surface area (Å²) in [5.41, 5.74) is -0.0942. The molecule has 8 N–H and O–H groups in total. The number of hydrogen-bond donors (Lipinski definition) is 8. The molecule has 54 heavy (non-hydrogen) atoms. The molecular formula is C33H26N4O13S4. The van der Waals surface area contributed by atoms with E-state index in [-0.39, 0.29) is 65.6 Å². The molecule has 0 aromatic heterocycles. The van der Waals surface area contributed by atoms with Gasteiger partial charge in [0.15, 0.2) is 0 Å². The minimum atomic E-state index is -4.75. The number of aromatic hydroxyl groups is 2. The number of phenolic OH excluding ortho intramolecular Hbond substituents is 2. The molecule has 0 aliphatic heterocycles. The number of benzene rings is 6. The van der Waals surface area contributed by atoms with Crippen molar-refractivity contribution in [2.45, 2.75) is 19.6 Å². The summed E-state index contributed by atoms with van der Waals surface area (Å²) in [6, 6.07) is 20.5. The van der Waals surface area contributed by atoms with Crippen molar-refractivity contribution in [3.63, 3.8) is 0 Å². The molecule has 2 amide bonds. The molecule has 6 aromatic carbocycles. The Morgan fingerprint density at radius 1 is 0.444 bits per heavy atom. The summed E-state index contributed by atoms with van der Waals surface area (Å²) in [6.45, 7) is 0. The van der Waals surface area contributed by atoms with E-state index in [1.807, 2.05) is 0 Å². The van der Waals surface area contributed by atoms with Crippen LogP contribution in [0.1, 0.15) is 0 Å². The zero-order valence-corrected chi connectivity index (χ0v) is 30.3. The predicted octanol–water partition coefficient (Wildman–Crippen LogP) is 5.14. The molecule has 0 saturated heterocycles. The summed E-state index contributed by atoms with van der Waals surface area (Å²) in [7, 11) is -18.2. The van der Waals surface area contributed by atoms with Gasteiger partial charge in [-0.15, -0.1) is 0 Å². The third-order valence-electron chi connectivity index (χ3n) is 7.75. The molecule has 0 atom stereocenters. The van der Waals surface area contributed by atoms with Crippen molar-refractivity contribution in [1.82, 2.24) is 0 Å². The summed E-state index contributed by atoms with van der Waals surface area (Å²) in [5, 5.41) is 25.3. The van der Waals surface area contributed by atoms with Crippen LogP contribution < -0.4 is 20.1 Å². The average molecular weight is 815 g/mol. The summed E-state index contributed by atoms with van der Waals surface area (Å²) in [5.74, 6) is -0.452. The molecule has 21 heteroatoms. The molecule has 0 saturated carbocycles. The SMILES string of the molecule is O=C(Nc1ccc(S(=O)(=O)Nc2cc(S(=O)(=O)O)cc3cc(O)ccc23)cc1)Nc1ccc(S(=O)(=O)Nc2cc(S(=O)(=O)O)cc3cc(O)ccc23)cc1. The van der Waals surface area contributed by atoms with Crippen LogP contribution in [0.4, 0.5) is 27.5 Å². The van der Waals surface area contributed by atoms with Gasteiger partial charge in [-0.3, -0.25) is 18.5 Å². The van der Waals surface area contributed by atoms with Crippen LogP contribution in [0.25, 0.3) is 21.5 Å². The van der Waals surface area contributed by atoms with E-state index in [0.29, 0.717) is 0 Å². The summed E-state index contributed by atoms with van der Waals surface area (Å²) in [6.07, 6.45) is 0. The van der Waals surface area contributed by atoms with Crippen LogP contribution in [-0.2, 0) is 40.3 Å². The molecule has 0 heterocycles. The van der Waals surface area contributed by atoms with Crippen molar-refractivity contribution in [3.05, 3.63) is 109 Å². The molecule has 0 aliphatic rings. The van der Waals surface area contributed by atoms with Crippen LogP contribution in [0, 0.1) is 0 Å². The first-order valence-electron chi connectivity index (χ1n) is 15.0. The highest BCUT2D eigenvalue weighted by Gasteiger charge is 2.22. The largest absolute Gasteiger partial charge is 0.508 e. The molecule has 0 unspecified atom stereocenters. The second-order valence-electron chi connectivity index (χ2n) is 11.5. The maximum atomic E-state index is 13.2. The van der Waals surface area contributed by atoms with E-state index in [0.717, 1.165) is 48.5 Å². The van der Waals surface area contributed by atoms with Crippen LogP contribution >= 0.6 is 0 Å². The maximum Gasteiger partial charge on any atom is 0.323 e. The first-order valence-corrected chi connectivity index (χ1v) is 20.8. The first-order chi connectivity index (χ1) is 25.2. The van der Waals surface area contributed by atoms with Crippen LogP contribution in [-0.4, -0.2) is 59.0 Å². The lowest BCUT2D eigenvalue weighted by atomic mass is 10.1. The molecule has 0 fully saturated rings. The van der Waals surface area contributed by atoms with Gasteiger partial charge in [0.1, 0.15) is 11.5 Å². The molecule has 17 nitrogen and oxygen atoms in total. The number of rotatable bonds is 10. The summed E-state index contributed by atoms with van der Waals surface area (Å²) >= 11 is 0. The number of urea groups is 1. The Morgan fingerprint density at radius 3 is 1.13 bits per heavy atom. The molecule has 280 valence electrons. The Bertz CT molecular complexity index is 2740. The number of carbonyl (C=O) groups excluding carboxylic acids is 1. The van der Waals surface area contributed by atoms with Crippen molar-refractivity contribution in [3.8, 4) is 11.5 Å². The molecular weight excluding hydrogens is 789 g/mol. The van der Waals surface area contributed by atoms with E-state index in [4.69, 9.17) is 0 Å². The second kappa shape index (κ2) is 13.8. The summed E-state index contributed by atoms with van der Waals surface area (Å²) in [4.78, 5) is 10.9. The number of phenols is 2. The molecule has 0 aliphatic carbocycles. The highest BCUT2D eigenvalue weighted by molar-refractivity contribution is 7.93. The predicted molar refractivity (Wildman–Crippen MR) is 198 cm³/mol. The lowest BCUT2D eigenvalue weighted by Gasteiger charge is -2.14. The Hall–Kier alpha value is -5.97. The molecule has 0 bridgehead atoms. The standard InChI is InChI=1S/C33H26N4O13S4/c38-23-5-11-29-19(13-23)15-27(53(45,46)47)17-31(29)36-51(41,42)25-7-1-21(2-8-25)34-33(40)35-22-3-9-26(10-4-22)52(43,44)37-32-18-28(54(48,49)50)16-20-14-24(39)6-12-30(20)32/h1-18,36-39H,(H2,34,35,40)(H,45,46,47)(H,48,49,50). The molecule has 0 spiro atoms. The second-order valence-corrected chi connectivity index (χ2v) is 17.7. The fraction of sp³-hybridized carbons (Fsp3) is 0. The fourth-order valence-electron chi connectivity index (χ4n) is 5.26. The Kier molecular flexibility index (Phi) is 9.64. The minimum Gasteiger partial charge on any atom is -0.508 e. The topological polar surface area (TPSA) is 283 Å². The van der Waals surface area contributed by atoms with Crippen molar-refractivity contribution < 1.29 is 57.8 Å². The van der Waals surface area contributed by atoms with E-state index in [9.17, 15) is 57.8 Å². The van der Waals surface area contributed by atoms with Crippen LogP contribution in [0.5, 0.6) is 11.5 Å². The summed E-state index contributed by atoms with van der Waals surface area (Å²) < 4.78 is 124. The normalized spacial score (nSPS) is 12.3. The Labute approximate surface area is 307 Å². The molecule has 6 rings (SSSR count). The van der Waals surface area contributed by atoms with E-state index >= 15 is 0 Å². The van der Waals surface area contributed by atoms with Gasteiger partial charge in [0.2, 0.25) is 0 Å². The maximum absolute atomic E-state index is 13.2. The van der Waals surface area contributed by atoms with Crippen LogP contribution in [0.15, 0.2) is 129 Å². The van der Waals surface area contributed by atoms with Gasteiger partial charge in [0.25, 0.3) is 40.3 Å². The van der Waals surface area contributed by atoms with E-state index in [2.05, 4.69) is 20.1 Å². The minimum absolute atomic E-state index is 0.127. The van der Waals surface area contributed by atoms with Gasteiger partial charge in [-0.05, 0) is 120 Å². The number of fused-ring (bicyclic) bond motifs is 2. The average Bonchev–Trinajstić information content (AvgIpc) is 3.07. The first kappa shape index (κ1) is 37.8.